The van der Waals surface area contributed by atoms with Crippen LogP contribution in [0.1, 0.15) is 11.1 Å². The zero-order valence-electron chi connectivity index (χ0n) is 12.4. The molecule has 120 valence electrons. The first-order chi connectivity index (χ1) is 11.2. The SMILES string of the molecule is Fc1cccc2c1O[C@@H]1COC[C@H](C2)Oc2c(F)cccc2C1. The summed E-state index contributed by atoms with van der Waals surface area (Å²) in [4.78, 5) is 0. The number of hydrogen-bond donors (Lipinski definition) is 0. The molecule has 0 aliphatic carbocycles. The van der Waals surface area contributed by atoms with Gasteiger partial charge in [-0.25, -0.2) is 8.78 Å². The Labute approximate surface area is 132 Å². The second-order valence-corrected chi connectivity index (χ2v) is 5.88. The highest BCUT2D eigenvalue weighted by molar-refractivity contribution is 5.39. The molecular formula is C18H16F2O3. The van der Waals surface area contributed by atoms with Crippen LogP contribution < -0.4 is 9.47 Å². The first kappa shape index (κ1) is 14.5. The molecule has 0 unspecified atom stereocenters. The van der Waals surface area contributed by atoms with Crippen molar-refractivity contribution >= 4 is 0 Å². The number of halogens is 2. The average Bonchev–Trinajstić information content (AvgIpc) is 2.66. The summed E-state index contributed by atoms with van der Waals surface area (Å²) in [6.07, 6.45) is -0.000408. The Balaban J connectivity index is 1.82. The van der Waals surface area contributed by atoms with Gasteiger partial charge in [-0.15, -0.1) is 0 Å². The van der Waals surface area contributed by atoms with E-state index in [1.165, 1.54) is 12.1 Å². The molecule has 0 aromatic heterocycles. The van der Waals surface area contributed by atoms with Crippen LogP contribution in [-0.2, 0) is 17.6 Å². The Hall–Kier alpha value is -2.14. The quantitative estimate of drug-likeness (QED) is 0.746. The van der Waals surface area contributed by atoms with Crippen LogP contribution in [0.5, 0.6) is 11.5 Å². The van der Waals surface area contributed by atoms with Crippen molar-refractivity contribution in [2.45, 2.75) is 25.0 Å². The van der Waals surface area contributed by atoms with Crippen LogP contribution in [0.4, 0.5) is 8.78 Å². The minimum Gasteiger partial charge on any atom is -0.484 e. The molecule has 0 fully saturated rings. The van der Waals surface area contributed by atoms with Crippen molar-refractivity contribution in [3.8, 4) is 11.5 Å². The summed E-state index contributed by atoms with van der Waals surface area (Å²) in [5.74, 6) is -0.297. The Morgan fingerprint density at radius 1 is 0.739 bits per heavy atom. The monoisotopic (exact) mass is 318 g/mol. The largest absolute Gasteiger partial charge is 0.484 e. The van der Waals surface area contributed by atoms with Crippen LogP contribution in [0.3, 0.4) is 0 Å². The van der Waals surface area contributed by atoms with E-state index in [-0.39, 0.29) is 11.5 Å². The third-order valence-corrected chi connectivity index (χ3v) is 4.17. The number of hydrogen-bond acceptors (Lipinski definition) is 3. The smallest absolute Gasteiger partial charge is 0.165 e. The van der Waals surface area contributed by atoms with E-state index in [1.54, 1.807) is 24.3 Å². The number of para-hydroxylation sites is 2. The zero-order valence-corrected chi connectivity index (χ0v) is 12.4. The van der Waals surface area contributed by atoms with Crippen molar-refractivity contribution in [3.63, 3.8) is 0 Å². The highest BCUT2D eigenvalue weighted by Crippen LogP contribution is 2.33. The minimum absolute atomic E-state index is 0.247. The minimum atomic E-state index is -0.397. The van der Waals surface area contributed by atoms with Crippen molar-refractivity contribution < 1.29 is 23.0 Å². The lowest BCUT2D eigenvalue weighted by Gasteiger charge is -2.24. The van der Waals surface area contributed by atoms with Gasteiger partial charge in [0.1, 0.15) is 12.2 Å². The predicted octanol–water partition coefficient (Wildman–Crippen LogP) is 3.29. The van der Waals surface area contributed by atoms with Crippen LogP contribution in [0.15, 0.2) is 36.4 Å². The second kappa shape index (κ2) is 5.81. The van der Waals surface area contributed by atoms with E-state index in [9.17, 15) is 8.78 Å². The summed E-state index contributed by atoms with van der Waals surface area (Å²) in [5, 5.41) is 0. The summed E-state index contributed by atoms with van der Waals surface area (Å²) in [7, 11) is 0. The Kier molecular flexibility index (Phi) is 3.65. The lowest BCUT2D eigenvalue weighted by Crippen LogP contribution is -2.26. The van der Waals surface area contributed by atoms with Crippen LogP contribution in [0.2, 0.25) is 0 Å². The fourth-order valence-electron chi connectivity index (χ4n) is 3.12. The van der Waals surface area contributed by atoms with Crippen LogP contribution in [-0.4, -0.2) is 25.4 Å². The topological polar surface area (TPSA) is 27.7 Å². The predicted molar refractivity (Wildman–Crippen MR) is 79.9 cm³/mol. The maximum atomic E-state index is 14.2. The molecule has 0 amide bonds. The van der Waals surface area contributed by atoms with Gasteiger partial charge in [0.2, 0.25) is 0 Å². The Bertz CT molecular complexity index is 671. The lowest BCUT2D eigenvalue weighted by molar-refractivity contribution is 0.0192. The fraction of sp³-hybridized carbons (Fsp3) is 0.333. The first-order valence-corrected chi connectivity index (χ1v) is 7.66. The van der Waals surface area contributed by atoms with Gasteiger partial charge in [0, 0.05) is 24.0 Å². The normalized spacial score (nSPS) is 23.0. The molecule has 23 heavy (non-hydrogen) atoms. The van der Waals surface area contributed by atoms with Gasteiger partial charge in [-0.1, -0.05) is 24.3 Å². The molecule has 2 heterocycles. The van der Waals surface area contributed by atoms with E-state index in [0.717, 1.165) is 0 Å². The van der Waals surface area contributed by atoms with E-state index in [1.807, 2.05) is 0 Å². The van der Waals surface area contributed by atoms with E-state index >= 15 is 0 Å². The van der Waals surface area contributed by atoms with E-state index in [0.29, 0.717) is 37.2 Å². The van der Waals surface area contributed by atoms with Crippen LogP contribution in [0.25, 0.3) is 0 Å². The highest BCUT2D eigenvalue weighted by Gasteiger charge is 2.28. The maximum absolute atomic E-state index is 14.2. The fourth-order valence-corrected chi connectivity index (χ4v) is 3.12. The average molecular weight is 318 g/mol. The summed E-state index contributed by atoms with van der Waals surface area (Å²) in [5.41, 5.74) is 1.43. The molecule has 2 aliphatic heterocycles. The lowest BCUT2D eigenvalue weighted by atomic mass is 10.0. The summed E-state index contributed by atoms with van der Waals surface area (Å²) < 4.78 is 45.8. The molecule has 2 aliphatic rings. The molecule has 2 aromatic carbocycles. The Morgan fingerprint density at radius 2 is 1.22 bits per heavy atom. The highest BCUT2D eigenvalue weighted by atomic mass is 19.1. The molecule has 0 saturated carbocycles. The molecule has 0 N–H and O–H groups in total. The number of benzene rings is 2. The van der Waals surface area contributed by atoms with E-state index in [2.05, 4.69) is 0 Å². The van der Waals surface area contributed by atoms with Gasteiger partial charge in [-0.3, -0.25) is 0 Å². The zero-order chi connectivity index (χ0) is 15.8. The third kappa shape index (κ3) is 2.77. The van der Waals surface area contributed by atoms with Crippen molar-refractivity contribution in [1.82, 2.24) is 0 Å². The molecule has 0 saturated heterocycles. The van der Waals surface area contributed by atoms with Gasteiger partial charge in [0.25, 0.3) is 0 Å². The molecule has 2 aromatic rings. The van der Waals surface area contributed by atoms with Crippen molar-refractivity contribution in [3.05, 3.63) is 59.2 Å². The molecule has 4 rings (SSSR count). The summed E-state index contributed by atoms with van der Waals surface area (Å²) in [6.45, 7) is 0.618. The van der Waals surface area contributed by atoms with Crippen molar-refractivity contribution in [2.24, 2.45) is 0 Å². The van der Waals surface area contributed by atoms with Gasteiger partial charge >= 0.3 is 0 Å². The molecule has 2 atom stereocenters. The number of rotatable bonds is 0. The number of ether oxygens (including phenoxy) is 3. The Morgan fingerprint density at radius 3 is 1.70 bits per heavy atom. The van der Waals surface area contributed by atoms with Gasteiger partial charge < -0.3 is 14.2 Å². The number of fused-ring (bicyclic) bond motifs is 6. The van der Waals surface area contributed by atoms with Gasteiger partial charge in [-0.05, 0) is 12.1 Å². The van der Waals surface area contributed by atoms with Crippen molar-refractivity contribution in [2.75, 3.05) is 13.2 Å². The maximum Gasteiger partial charge on any atom is 0.165 e. The molecule has 0 spiro atoms. The standard InChI is InChI=1S/C18H16F2O3/c19-15-5-1-3-11-7-13-9-21-10-14(22-17(11)15)8-12-4-2-6-16(20)18(12)23-13/h1-6,13-14H,7-10H2/t13-,14-/m0/s1. The molecular weight excluding hydrogens is 302 g/mol. The van der Waals surface area contributed by atoms with Crippen LogP contribution >= 0.6 is 0 Å². The summed E-state index contributed by atoms with van der Waals surface area (Å²) in [6, 6.07) is 9.65. The molecule has 3 nitrogen and oxygen atoms in total. The molecule has 5 heteroatoms. The van der Waals surface area contributed by atoms with Gasteiger partial charge in [-0.2, -0.15) is 0 Å². The molecule has 2 bridgehead atoms. The molecule has 0 radical (unpaired) electrons. The summed E-state index contributed by atoms with van der Waals surface area (Å²) >= 11 is 0. The van der Waals surface area contributed by atoms with Gasteiger partial charge in [0.05, 0.1) is 13.2 Å². The van der Waals surface area contributed by atoms with E-state index in [4.69, 9.17) is 14.2 Å². The van der Waals surface area contributed by atoms with Crippen LogP contribution in [0, 0.1) is 11.6 Å². The first-order valence-electron chi connectivity index (χ1n) is 7.66. The third-order valence-electron chi connectivity index (χ3n) is 4.17. The van der Waals surface area contributed by atoms with E-state index < -0.39 is 23.8 Å². The van der Waals surface area contributed by atoms with Gasteiger partial charge in [0.15, 0.2) is 23.1 Å². The van der Waals surface area contributed by atoms with Crippen molar-refractivity contribution in [1.29, 1.82) is 0 Å². The second-order valence-electron chi connectivity index (χ2n) is 5.88.